The van der Waals surface area contributed by atoms with Crippen LogP contribution in [0.4, 0.5) is 5.69 Å². The molecule has 0 radical (unpaired) electrons. The molecule has 0 bridgehead atoms. The van der Waals surface area contributed by atoms with Crippen LogP contribution in [0.2, 0.25) is 0 Å². The molecule has 4 heteroatoms. The quantitative estimate of drug-likeness (QED) is 0.773. The van der Waals surface area contributed by atoms with E-state index in [1.165, 1.54) is 4.90 Å². The van der Waals surface area contributed by atoms with Crippen LogP contribution in [0.15, 0.2) is 18.2 Å². The van der Waals surface area contributed by atoms with Crippen LogP contribution in [0.1, 0.15) is 30.4 Å². The molecular formula is C16H20N2O2. The van der Waals surface area contributed by atoms with Gasteiger partial charge in [0.15, 0.2) is 0 Å². The Labute approximate surface area is 119 Å². The lowest BCUT2D eigenvalue weighted by Gasteiger charge is -2.22. The van der Waals surface area contributed by atoms with Crippen LogP contribution in [0.5, 0.6) is 0 Å². The Morgan fingerprint density at radius 1 is 1.10 bits per heavy atom. The normalized spacial score (nSPS) is 23.9. The van der Waals surface area contributed by atoms with E-state index in [4.69, 9.17) is 0 Å². The third kappa shape index (κ3) is 2.14. The number of amides is 2. The summed E-state index contributed by atoms with van der Waals surface area (Å²) >= 11 is 0. The molecule has 0 spiro atoms. The van der Waals surface area contributed by atoms with Crippen molar-refractivity contribution < 1.29 is 9.59 Å². The largest absolute Gasteiger partial charge is 0.292 e. The zero-order valence-corrected chi connectivity index (χ0v) is 12.1. The van der Waals surface area contributed by atoms with Gasteiger partial charge in [-0.25, -0.2) is 4.90 Å². The Morgan fingerprint density at radius 2 is 1.80 bits per heavy atom. The van der Waals surface area contributed by atoms with Gasteiger partial charge in [-0.3, -0.25) is 14.5 Å². The van der Waals surface area contributed by atoms with Crippen molar-refractivity contribution in [3.8, 4) is 0 Å². The molecule has 2 heterocycles. The molecule has 2 aliphatic heterocycles. The second-order valence-electron chi connectivity index (χ2n) is 5.82. The Morgan fingerprint density at radius 3 is 2.45 bits per heavy atom. The standard InChI is InChI=1S/C16H20N2O2/c1-11-5-6-13(12(2)9-11)18-15(19)10-14(16(18)20)17-7-3-4-8-17/h5-6,9,14H,3-4,7-8,10H2,1-2H3. The van der Waals surface area contributed by atoms with Crippen molar-refractivity contribution in [3.63, 3.8) is 0 Å². The highest BCUT2D eigenvalue weighted by Gasteiger charge is 2.43. The molecule has 2 saturated heterocycles. The molecule has 1 unspecified atom stereocenters. The number of hydrogen-bond donors (Lipinski definition) is 0. The van der Waals surface area contributed by atoms with Crippen molar-refractivity contribution in [2.24, 2.45) is 0 Å². The van der Waals surface area contributed by atoms with E-state index in [2.05, 4.69) is 4.90 Å². The van der Waals surface area contributed by atoms with E-state index in [1.807, 2.05) is 32.0 Å². The average molecular weight is 272 g/mol. The van der Waals surface area contributed by atoms with Crippen LogP contribution in [-0.4, -0.2) is 35.8 Å². The summed E-state index contributed by atoms with van der Waals surface area (Å²) in [5.41, 5.74) is 2.86. The van der Waals surface area contributed by atoms with Crippen LogP contribution in [0.3, 0.4) is 0 Å². The molecular weight excluding hydrogens is 252 g/mol. The van der Waals surface area contributed by atoms with Gasteiger partial charge in [0.1, 0.15) is 0 Å². The lowest BCUT2D eigenvalue weighted by atomic mass is 10.1. The van der Waals surface area contributed by atoms with Crippen molar-refractivity contribution in [3.05, 3.63) is 29.3 Å². The summed E-state index contributed by atoms with van der Waals surface area (Å²) in [7, 11) is 0. The molecule has 1 aromatic carbocycles. The number of carbonyl (C=O) groups is 2. The number of carbonyl (C=O) groups excluding carboxylic acids is 2. The Hall–Kier alpha value is -1.68. The highest BCUT2D eigenvalue weighted by Crippen LogP contribution is 2.30. The summed E-state index contributed by atoms with van der Waals surface area (Å²) in [6.07, 6.45) is 2.58. The van der Waals surface area contributed by atoms with Crippen LogP contribution < -0.4 is 4.90 Å². The molecule has 2 fully saturated rings. The first-order chi connectivity index (χ1) is 9.58. The van der Waals surface area contributed by atoms with E-state index in [9.17, 15) is 9.59 Å². The second kappa shape index (κ2) is 5.02. The zero-order chi connectivity index (χ0) is 14.3. The lowest BCUT2D eigenvalue weighted by molar-refractivity contribution is -0.122. The fourth-order valence-corrected chi connectivity index (χ4v) is 3.26. The van der Waals surface area contributed by atoms with E-state index in [0.29, 0.717) is 6.42 Å². The first kappa shape index (κ1) is 13.3. The van der Waals surface area contributed by atoms with Crippen molar-refractivity contribution in [1.82, 2.24) is 4.90 Å². The average Bonchev–Trinajstić information content (AvgIpc) is 3.00. The fourth-order valence-electron chi connectivity index (χ4n) is 3.26. The summed E-state index contributed by atoms with van der Waals surface area (Å²) < 4.78 is 0. The molecule has 4 nitrogen and oxygen atoms in total. The Balaban J connectivity index is 1.90. The van der Waals surface area contributed by atoms with Crippen LogP contribution >= 0.6 is 0 Å². The number of hydrogen-bond acceptors (Lipinski definition) is 3. The predicted molar refractivity (Wildman–Crippen MR) is 77.6 cm³/mol. The molecule has 2 aliphatic rings. The van der Waals surface area contributed by atoms with Gasteiger partial charge in [0.25, 0.3) is 5.91 Å². The van der Waals surface area contributed by atoms with E-state index in [-0.39, 0.29) is 17.9 Å². The van der Waals surface area contributed by atoms with Gasteiger partial charge < -0.3 is 0 Å². The van der Waals surface area contributed by atoms with Crippen LogP contribution in [-0.2, 0) is 9.59 Å². The summed E-state index contributed by atoms with van der Waals surface area (Å²) in [4.78, 5) is 28.4. The molecule has 20 heavy (non-hydrogen) atoms. The Bertz CT molecular complexity index is 562. The van der Waals surface area contributed by atoms with Gasteiger partial charge in [-0.15, -0.1) is 0 Å². The maximum absolute atomic E-state index is 12.6. The van der Waals surface area contributed by atoms with Gasteiger partial charge in [-0.2, -0.15) is 0 Å². The summed E-state index contributed by atoms with van der Waals surface area (Å²) in [5, 5.41) is 0. The van der Waals surface area contributed by atoms with E-state index in [1.54, 1.807) is 0 Å². The number of imide groups is 1. The van der Waals surface area contributed by atoms with E-state index < -0.39 is 0 Å². The summed E-state index contributed by atoms with van der Waals surface area (Å²) in [6, 6.07) is 5.60. The van der Waals surface area contributed by atoms with Gasteiger partial charge in [0, 0.05) is 0 Å². The minimum absolute atomic E-state index is 0.0520. The number of benzene rings is 1. The van der Waals surface area contributed by atoms with Crippen LogP contribution in [0, 0.1) is 13.8 Å². The monoisotopic (exact) mass is 272 g/mol. The zero-order valence-electron chi connectivity index (χ0n) is 12.1. The maximum Gasteiger partial charge on any atom is 0.251 e. The smallest absolute Gasteiger partial charge is 0.251 e. The summed E-state index contributed by atoms with van der Waals surface area (Å²) in [5.74, 6) is -0.122. The fraction of sp³-hybridized carbons (Fsp3) is 0.500. The van der Waals surface area contributed by atoms with Crippen LogP contribution in [0.25, 0.3) is 0 Å². The minimum Gasteiger partial charge on any atom is -0.292 e. The second-order valence-corrected chi connectivity index (χ2v) is 5.82. The first-order valence-corrected chi connectivity index (χ1v) is 7.26. The minimum atomic E-state index is -0.245. The van der Waals surface area contributed by atoms with E-state index >= 15 is 0 Å². The topological polar surface area (TPSA) is 40.6 Å². The number of anilines is 1. The highest BCUT2D eigenvalue weighted by atomic mass is 16.2. The molecule has 3 rings (SSSR count). The van der Waals surface area contributed by atoms with Crippen molar-refractivity contribution in [1.29, 1.82) is 0 Å². The Kier molecular flexibility index (Phi) is 3.34. The predicted octanol–water partition coefficient (Wildman–Crippen LogP) is 2.03. The molecule has 0 aromatic heterocycles. The van der Waals surface area contributed by atoms with Crippen molar-refractivity contribution in [2.75, 3.05) is 18.0 Å². The summed E-state index contributed by atoms with van der Waals surface area (Å²) in [6.45, 7) is 5.83. The van der Waals surface area contributed by atoms with E-state index in [0.717, 1.165) is 42.7 Å². The molecule has 0 saturated carbocycles. The number of rotatable bonds is 2. The van der Waals surface area contributed by atoms with Gasteiger partial charge >= 0.3 is 0 Å². The third-order valence-corrected chi connectivity index (χ3v) is 4.30. The number of likely N-dealkylation sites (tertiary alicyclic amines) is 1. The van der Waals surface area contributed by atoms with Gasteiger partial charge in [0.2, 0.25) is 5.91 Å². The van der Waals surface area contributed by atoms with Gasteiger partial charge in [-0.1, -0.05) is 17.7 Å². The SMILES string of the molecule is Cc1ccc(N2C(=O)CC(N3CCCC3)C2=O)c(C)c1. The molecule has 106 valence electrons. The number of aryl methyl sites for hydroxylation is 2. The lowest BCUT2D eigenvalue weighted by Crippen LogP contribution is -2.40. The first-order valence-electron chi connectivity index (χ1n) is 7.26. The van der Waals surface area contributed by atoms with Gasteiger partial charge in [-0.05, 0) is 51.4 Å². The molecule has 1 aromatic rings. The third-order valence-electron chi connectivity index (χ3n) is 4.30. The van der Waals surface area contributed by atoms with Crippen molar-refractivity contribution in [2.45, 2.75) is 39.2 Å². The molecule has 0 N–H and O–H groups in total. The highest BCUT2D eigenvalue weighted by molar-refractivity contribution is 6.22. The molecule has 1 atom stereocenters. The maximum atomic E-state index is 12.6. The molecule has 2 amide bonds. The number of nitrogens with zero attached hydrogens (tertiary/aromatic N) is 2. The van der Waals surface area contributed by atoms with Crippen molar-refractivity contribution >= 4 is 17.5 Å². The van der Waals surface area contributed by atoms with Gasteiger partial charge in [0.05, 0.1) is 18.2 Å². The molecule has 0 aliphatic carbocycles.